The van der Waals surface area contributed by atoms with E-state index in [-0.39, 0.29) is 11.1 Å². The van der Waals surface area contributed by atoms with Crippen LogP contribution in [0.1, 0.15) is 10.4 Å². The molecule has 2 aromatic carbocycles. The summed E-state index contributed by atoms with van der Waals surface area (Å²) >= 11 is 18.2. The maximum Gasteiger partial charge on any atom is 0.256 e. The lowest BCUT2D eigenvalue weighted by molar-refractivity contribution is 0.102. The zero-order valence-electron chi connectivity index (χ0n) is 13.5. The molecule has 0 unspecified atom stereocenters. The van der Waals surface area contributed by atoms with E-state index in [9.17, 15) is 4.79 Å². The molecule has 2 heterocycles. The standard InChI is InChI=1S/C18H10Cl3N5O/c19-10-2-1-3-11(20)16(10)17-22-12-5-4-9(8-13(12)23-17)18(27)24-15-7-6-14(21)25-26-15/h1-8H,(H,22,23)(H,24,26,27). The van der Waals surface area contributed by atoms with Crippen LogP contribution in [0.15, 0.2) is 48.5 Å². The van der Waals surface area contributed by atoms with Crippen molar-refractivity contribution in [2.45, 2.75) is 0 Å². The van der Waals surface area contributed by atoms with Gasteiger partial charge in [-0.15, -0.1) is 10.2 Å². The van der Waals surface area contributed by atoms with Crippen LogP contribution in [-0.2, 0) is 0 Å². The van der Waals surface area contributed by atoms with Gasteiger partial charge < -0.3 is 10.3 Å². The van der Waals surface area contributed by atoms with Gasteiger partial charge in [-0.2, -0.15) is 0 Å². The van der Waals surface area contributed by atoms with Crippen LogP contribution >= 0.6 is 34.8 Å². The van der Waals surface area contributed by atoms with E-state index >= 15 is 0 Å². The lowest BCUT2D eigenvalue weighted by Gasteiger charge is -2.03. The number of H-pyrrole nitrogens is 1. The highest BCUT2D eigenvalue weighted by Crippen LogP contribution is 2.33. The fraction of sp³-hybridized carbons (Fsp3) is 0. The Balaban J connectivity index is 1.66. The first kappa shape index (κ1) is 17.7. The number of halogens is 3. The molecule has 0 saturated heterocycles. The number of aromatic nitrogens is 4. The van der Waals surface area contributed by atoms with Crippen molar-refractivity contribution in [3.63, 3.8) is 0 Å². The van der Waals surface area contributed by atoms with Crippen molar-refractivity contribution >= 4 is 57.6 Å². The van der Waals surface area contributed by atoms with Gasteiger partial charge in [-0.3, -0.25) is 4.79 Å². The van der Waals surface area contributed by atoms with Gasteiger partial charge in [-0.25, -0.2) is 4.98 Å². The number of benzene rings is 2. The van der Waals surface area contributed by atoms with Crippen molar-refractivity contribution in [3.8, 4) is 11.4 Å². The lowest BCUT2D eigenvalue weighted by atomic mass is 10.2. The minimum atomic E-state index is -0.333. The molecule has 0 aliphatic rings. The van der Waals surface area contributed by atoms with Crippen molar-refractivity contribution in [2.75, 3.05) is 5.32 Å². The Morgan fingerprint density at radius 2 is 1.74 bits per heavy atom. The molecule has 4 aromatic rings. The summed E-state index contributed by atoms with van der Waals surface area (Å²) in [6.45, 7) is 0. The van der Waals surface area contributed by atoms with E-state index in [0.29, 0.717) is 43.8 Å². The van der Waals surface area contributed by atoms with Crippen LogP contribution in [-0.4, -0.2) is 26.1 Å². The average molecular weight is 419 g/mol. The molecule has 9 heteroatoms. The number of aromatic amines is 1. The van der Waals surface area contributed by atoms with Gasteiger partial charge in [-0.05, 0) is 42.5 Å². The molecule has 0 bridgehead atoms. The quantitative estimate of drug-likeness (QED) is 0.477. The predicted molar refractivity (Wildman–Crippen MR) is 107 cm³/mol. The number of imidazole rings is 1. The third-order valence-electron chi connectivity index (χ3n) is 3.82. The second-order valence-corrected chi connectivity index (χ2v) is 6.81. The van der Waals surface area contributed by atoms with E-state index in [1.165, 1.54) is 0 Å². The van der Waals surface area contributed by atoms with Crippen molar-refractivity contribution in [3.05, 3.63) is 69.3 Å². The van der Waals surface area contributed by atoms with E-state index in [1.54, 1.807) is 48.5 Å². The third-order valence-corrected chi connectivity index (χ3v) is 4.65. The second-order valence-electron chi connectivity index (χ2n) is 5.61. The molecule has 2 aromatic heterocycles. The Morgan fingerprint density at radius 1 is 0.963 bits per heavy atom. The van der Waals surface area contributed by atoms with Crippen molar-refractivity contribution in [1.29, 1.82) is 0 Å². The summed E-state index contributed by atoms with van der Waals surface area (Å²) in [5.41, 5.74) is 2.40. The summed E-state index contributed by atoms with van der Waals surface area (Å²) in [5, 5.41) is 11.4. The van der Waals surface area contributed by atoms with E-state index < -0.39 is 0 Å². The van der Waals surface area contributed by atoms with E-state index in [0.717, 1.165) is 0 Å². The summed E-state index contributed by atoms with van der Waals surface area (Å²) in [4.78, 5) is 20.1. The molecule has 27 heavy (non-hydrogen) atoms. The van der Waals surface area contributed by atoms with Crippen LogP contribution in [0.25, 0.3) is 22.4 Å². The largest absolute Gasteiger partial charge is 0.338 e. The summed E-state index contributed by atoms with van der Waals surface area (Å²) in [5.74, 6) is 0.500. The Bertz CT molecular complexity index is 1140. The molecular formula is C18H10Cl3N5O. The Labute approximate surface area is 168 Å². The molecular weight excluding hydrogens is 409 g/mol. The maximum atomic E-state index is 12.4. The highest BCUT2D eigenvalue weighted by Gasteiger charge is 2.14. The van der Waals surface area contributed by atoms with Crippen molar-refractivity contribution < 1.29 is 4.79 Å². The summed E-state index contributed by atoms with van der Waals surface area (Å²) in [7, 11) is 0. The number of fused-ring (bicyclic) bond motifs is 1. The number of nitrogens with one attached hydrogen (secondary N) is 2. The number of amides is 1. The van der Waals surface area contributed by atoms with Crippen LogP contribution in [0.2, 0.25) is 15.2 Å². The Morgan fingerprint density at radius 3 is 2.44 bits per heavy atom. The molecule has 0 radical (unpaired) electrons. The fourth-order valence-corrected chi connectivity index (χ4v) is 3.24. The topological polar surface area (TPSA) is 83.6 Å². The Hall–Kier alpha value is -2.67. The number of carbonyl (C=O) groups is 1. The van der Waals surface area contributed by atoms with Crippen LogP contribution in [0.4, 0.5) is 5.82 Å². The van der Waals surface area contributed by atoms with Crippen LogP contribution < -0.4 is 5.32 Å². The third kappa shape index (κ3) is 3.60. The minimum absolute atomic E-state index is 0.248. The molecule has 0 aliphatic carbocycles. The van der Waals surface area contributed by atoms with Crippen LogP contribution in [0, 0.1) is 0 Å². The zero-order chi connectivity index (χ0) is 19.0. The normalized spacial score (nSPS) is 10.9. The highest BCUT2D eigenvalue weighted by molar-refractivity contribution is 6.39. The first-order valence-corrected chi connectivity index (χ1v) is 8.89. The monoisotopic (exact) mass is 417 g/mol. The van der Waals surface area contributed by atoms with E-state index in [1.807, 2.05) is 0 Å². The zero-order valence-corrected chi connectivity index (χ0v) is 15.8. The van der Waals surface area contributed by atoms with E-state index in [4.69, 9.17) is 34.8 Å². The Kier molecular flexibility index (Phi) is 4.70. The van der Waals surface area contributed by atoms with Gasteiger partial charge in [0.1, 0.15) is 5.82 Å². The molecule has 1 amide bonds. The summed E-state index contributed by atoms with van der Waals surface area (Å²) < 4.78 is 0. The summed E-state index contributed by atoms with van der Waals surface area (Å²) in [6.07, 6.45) is 0. The molecule has 0 saturated carbocycles. The van der Waals surface area contributed by atoms with Gasteiger partial charge in [0.2, 0.25) is 0 Å². The number of carbonyl (C=O) groups excluding carboxylic acids is 1. The van der Waals surface area contributed by atoms with Crippen molar-refractivity contribution in [2.24, 2.45) is 0 Å². The predicted octanol–water partition coefficient (Wildman–Crippen LogP) is 5.23. The molecule has 0 aliphatic heterocycles. The van der Waals surface area contributed by atoms with Gasteiger partial charge in [0.05, 0.1) is 26.6 Å². The number of nitrogens with zero attached hydrogens (tertiary/aromatic N) is 3. The molecule has 6 nitrogen and oxygen atoms in total. The lowest BCUT2D eigenvalue weighted by Crippen LogP contribution is -2.13. The SMILES string of the molecule is O=C(Nc1ccc(Cl)nn1)c1ccc2nc(-c3c(Cl)cccc3Cl)[nH]c2c1. The molecule has 4 rings (SSSR count). The molecule has 0 atom stereocenters. The van der Waals surface area contributed by atoms with E-state index in [2.05, 4.69) is 25.5 Å². The molecule has 0 fully saturated rings. The van der Waals surface area contributed by atoms with Crippen molar-refractivity contribution in [1.82, 2.24) is 20.2 Å². The number of anilines is 1. The number of hydrogen-bond acceptors (Lipinski definition) is 4. The molecule has 0 spiro atoms. The smallest absolute Gasteiger partial charge is 0.256 e. The maximum absolute atomic E-state index is 12.4. The summed E-state index contributed by atoms with van der Waals surface area (Å²) in [6, 6.07) is 13.4. The average Bonchev–Trinajstić information content (AvgIpc) is 3.06. The fourth-order valence-electron chi connectivity index (χ4n) is 2.56. The van der Waals surface area contributed by atoms with Gasteiger partial charge in [-0.1, -0.05) is 40.9 Å². The second kappa shape index (κ2) is 7.15. The number of rotatable bonds is 3. The van der Waals surface area contributed by atoms with Gasteiger partial charge in [0.25, 0.3) is 5.91 Å². The van der Waals surface area contributed by atoms with Gasteiger partial charge in [0.15, 0.2) is 11.0 Å². The van der Waals surface area contributed by atoms with Gasteiger partial charge in [0, 0.05) is 5.56 Å². The van der Waals surface area contributed by atoms with Crippen LogP contribution in [0.5, 0.6) is 0 Å². The van der Waals surface area contributed by atoms with Gasteiger partial charge >= 0.3 is 0 Å². The first-order valence-electron chi connectivity index (χ1n) is 7.76. The molecule has 2 N–H and O–H groups in total. The minimum Gasteiger partial charge on any atom is -0.338 e. The highest BCUT2D eigenvalue weighted by atomic mass is 35.5. The molecule has 134 valence electrons. The number of hydrogen-bond donors (Lipinski definition) is 2. The first-order chi connectivity index (χ1) is 13.0. The van der Waals surface area contributed by atoms with Crippen LogP contribution in [0.3, 0.4) is 0 Å².